The van der Waals surface area contributed by atoms with E-state index >= 15 is 0 Å². The second kappa shape index (κ2) is 9.05. The fourth-order valence-electron chi connectivity index (χ4n) is 2.88. The topological polar surface area (TPSA) is 103 Å². The summed E-state index contributed by atoms with van der Waals surface area (Å²) in [4.78, 5) is 33.1. The van der Waals surface area contributed by atoms with Gasteiger partial charge in [-0.15, -0.1) is 11.8 Å². The van der Waals surface area contributed by atoms with Gasteiger partial charge in [0, 0.05) is 44.3 Å². The third-order valence-electron chi connectivity index (χ3n) is 4.44. The Kier molecular flexibility index (Phi) is 6.70. The van der Waals surface area contributed by atoms with Crippen LogP contribution in [0.25, 0.3) is 11.0 Å². The van der Waals surface area contributed by atoms with Crippen molar-refractivity contribution in [3.8, 4) is 0 Å². The van der Waals surface area contributed by atoms with Gasteiger partial charge in [-0.2, -0.15) is 0 Å². The Morgan fingerprint density at radius 2 is 2.17 bits per heavy atom. The molecule has 1 aliphatic heterocycles. The largest absolute Gasteiger partial charge is 0.361 e. The number of thioether (sulfide) groups is 1. The standard InChI is InChI=1S/C18H25N5O4SSi/c1-29(2,3)9-7-27-13-22-5-4-14-17(19-12-20-18(14)22)21-6-8-28-16(11-21)15(24)10-23(25)26/h4-5,11-12H,6-10,13H2,1-3H3. The van der Waals surface area contributed by atoms with Crippen LogP contribution in [0.5, 0.6) is 0 Å². The number of fused-ring (bicyclic) bond motifs is 1. The first-order valence-electron chi connectivity index (χ1n) is 9.38. The third kappa shape index (κ3) is 5.64. The van der Waals surface area contributed by atoms with Crippen LogP contribution in [-0.2, 0) is 16.3 Å². The van der Waals surface area contributed by atoms with Crippen LogP contribution in [-0.4, -0.2) is 58.8 Å². The number of nitrogens with zero attached hydrogens (tertiary/aromatic N) is 5. The van der Waals surface area contributed by atoms with Gasteiger partial charge in [-0.3, -0.25) is 14.9 Å². The monoisotopic (exact) mass is 435 g/mol. The molecule has 0 saturated heterocycles. The molecular formula is C18H25N5O4SSi. The number of ketones is 1. The molecule has 3 heterocycles. The number of aromatic nitrogens is 3. The maximum Gasteiger partial charge on any atom is 0.266 e. The number of rotatable bonds is 9. The summed E-state index contributed by atoms with van der Waals surface area (Å²) in [5.41, 5.74) is 0.757. The summed E-state index contributed by atoms with van der Waals surface area (Å²) in [5.74, 6) is 0.854. The molecule has 0 saturated carbocycles. The number of carbonyl (C=O) groups excluding carboxylic acids is 1. The van der Waals surface area contributed by atoms with E-state index in [4.69, 9.17) is 4.74 Å². The summed E-state index contributed by atoms with van der Waals surface area (Å²) in [7, 11) is -1.14. The van der Waals surface area contributed by atoms with Crippen molar-refractivity contribution >= 4 is 42.5 Å². The van der Waals surface area contributed by atoms with Crippen molar-refractivity contribution in [3.05, 3.63) is 39.8 Å². The average Bonchev–Trinajstić information content (AvgIpc) is 3.07. The van der Waals surface area contributed by atoms with Crippen molar-refractivity contribution in [3.63, 3.8) is 0 Å². The lowest BCUT2D eigenvalue weighted by Crippen LogP contribution is -2.27. The minimum absolute atomic E-state index is 0.383. The van der Waals surface area contributed by atoms with Gasteiger partial charge in [0.15, 0.2) is 0 Å². The number of Topliss-reactive ketones (excluding diaryl/α,β-unsaturated/α-hetero) is 1. The van der Waals surface area contributed by atoms with E-state index in [1.165, 1.54) is 18.1 Å². The van der Waals surface area contributed by atoms with Gasteiger partial charge in [0.2, 0.25) is 5.78 Å². The molecule has 0 unspecified atom stereocenters. The van der Waals surface area contributed by atoms with E-state index in [0.717, 1.165) is 23.7 Å². The highest BCUT2D eigenvalue weighted by Crippen LogP contribution is 2.30. The van der Waals surface area contributed by atoms with Gasteiger partial charge in [-0.1, -0.05) is 19.6 Å². The quantitative estimate of drug-likeness (QED) is 0.256. The molecule has 156 valence electrons. The Bertz CT molecular complexity index is 940. The van der Waals surface area contributed by atoms with Gasteiger partial charge in [0.05, 0.1) is 10.3 Å². The van der Waals surface area contributed by atoms with Crippen LogP contribution in [0.4, 0.5) is 5.82 Å². The molecule has 0 atom stereocenters. The van der Waals surface area contributed by atoms with Crippen LogP contribution in [0.3, 0.4) is 0 Å². The highest BCUT2D eigenvalue weighted by Gasteiger charge is 2.23. The molecule has 0 aliphatic carbocycles. The van der Waals surface area contributed by atoms with E-state index in [1.807, 2.05) is 21.7 Å². The zero-order chi connectivity index (χ0) is 21.0. The van der Waals surface area contributed by atoms with E-state index in [9.17, 15) is 14.9 Å². The van der Waals surface area contributed by atoms with Crippen LogP contribution in [0.2, 0.25) is 25.7 Å². The summed E-state index contributed by atoms with van der Waals surface area (Å²) in [6.45, 7) is 8.05. The molecule has 11 heteroatoms. The van der Waals surface area contributed by atoms with Gasteiger partial charge >= 0.3 is 0 Å². The number of carbonyl (C=O) groups is 1. The second-order valence-electron chi connectivity index (χ2n) is 8.02. The maximum absolute atomic E-state index is 12.1. The number of ether oxygens (including phenoxy) is 1. The van der Waals surface area contributed by atoms with Crippen LogP contribution in [0.15, 0.2) is 29.7 Å². The van der Waals surface area contributed by atoms with Crippen LogP contribution >= 0.6 is 11.8 Å². The van der Waals surface area contributed by atoms with Gasteiger partial charge in [0.25, 0.3) is 6.54 Å². The van der Waals surface area contributed by atoms with Crippen LogP contribution in [0, 0.1) is 10.1 Å². The first-order chi connectivity index (χ1) is 13.7. The lowest BCUT2D eigenvalue weighted by molar-refractivity contribution is -0.466. The third-order valence-corrected chi connectivity index (χ3v) is 7.18. The van der Waals surface area contributed by atoms with Gasteiger partial charge in [0.1, 0.15) is 24.5 Å². The fraction of sp³-hybridized carbons (Fsp3) is 0.500. The zero-order valence-electron chi connectivity index (χ0n) is 16.8. The number of nitro groups is 1. The molecular weight excluding hydrogens is 410 g/mol. The molecule has 0 aromatic carbocycles. The van der Waals surface area contributed by atoms with Crippen molar-refractivity contribution in [1.82, 2.24) is 14.5 Å². The van der Waals surface area contributed by atoms with Gasteiger partial charge < -0.3 is 14.2 Å². The van der Waals surface area contributed by atoms with Crippen molar-refractivity contribution < 1.29 is 14.5 Å². The first-order valence-corrected chi connectivity index (χ1v) is 14.1. The number of hydrogen-bond donors (Lipinski definition) is 0. The minimum Gasteiger partial charge on any atom is -0.361 e. The molecule has 2 aromatic rings. The summed E-state index contributed by atoms with van der Waals surface area (Å²) in [6.07, 6.45) is 5.06. The lowest BCUT2D eigenvalue weighted by Gasteiger charge is -2.25. The summed E-state index contributed by atoms with van der Waals surface area (Å²) >= 11 is 1.34. The predicted molar refractivity (Wildman–Crippen MR) is 116 cm³/mol. The normalized spacial score (nSPS) is 14.9. The Morgan fingerprint density at radius 1 is 1.38 bits per heavy atom. The van der Waals surface area contributed by atoms with E-state index < -0.39 is 25.3 Å². The van der Waals surface area contributed by atoms with E-state index in [2.05, 4.69) is 29.6 Å². The molecule has 29 heavy (non-hydrogen) atoms. The summed E-state index contributed by atoms with van der Waals surface area (Å²) < 4.78 is 7.77. The van der Waals surface area contributed by atoms with Crippen molar-refractivity contribution in [2.45, 2.75) is 32.4 Å². The molecule has 0 fully saturated rings. The van der Waals surface area contributed by atoms with E-state index in [-0.39, 0.29) is 0 Å². The van der Waals surface area contributed by atoms with Crippen molar-refractivity contribution in [2.75, 3.05) is 30.3 Å². The lowest BCUT2D eigenvalue weighted by atomic mass is 10.3. The maximum atomic E-state index is 12.1. The molecule has 9 nitrogen and oxygen atoms in total. The highest BCUT2D eigenvalue weighted by atomic mass is 32.2. The molecule has 3 rings (SSSR count). The van der Waals surface area contributed by atoms with Crippen LogP contribution < -0.4 is 4.90 Å². The predicted octanol–water partition coefficient (Wildman–Crippen LogP) is 2.98. The number of hydrogen-bond acceptors (Lipinski definition) is 8. The molecule has 0 spiro atoms. The smallest absolute Gasteiger partial charge is 0.266 e. The second-order valence-corrected chi connectivity index (χ2v) is 14.8. The van der Waals surface area contributed by atoms with E-state index in [1.54, 1.807) is 6.20 Å². The Labute approximate surface area is 174 Å². The molecule has 0 radical (unpaired) electrons. The molecule has 2 aromatic heterocycles. The molecule has 1 aliphatic rings. The molecule has 0 amide bonds. The van der Waals surface area contributed by atoms with Crippen molar-refractivity contribution in [1.29, 1.82) is 0 Å². The first kappa shape index (κ1) is 21.5. The summed E-state index contributed by atoms with van der Waals surface area (Å²) in [5, 5.41) is 11.5. The zero-order valence-corrected chi connectivity index (χ0v) is 18.6. The SMILES string of the molecule is C[Si](C)(C)CCOCn1ccc2c(N3C=C(C(=O)C[N+](=O)[O-])SCC3)ncnc21. The fourth-order valence-corrected chi connectivity index (χ4v) is 4.57. The van der Waals surface area contributed by atoms with Gasteiger partial charge in [-0.05, 0) is 12.1 Å². The average molecular weight is 436 g/mol. The Hall–Kier alpha value is -2.24. The molecule has 0 N–H and O–H groups in total. The molecule has 0 bridgehead atoms. The van der Waals surface area contributed by atoms with Gasteiger partial charge in [-0.25, -0.2) is 9.97 Å². The number of anilines is 1. The van der Waals surface area contributed by atoms with E-state index in [0.29, 0.717) is 29.8 Å². The van der Waals surface area contributed by atoms with Crippen LogP contribution in [0.1, 0.15) is 0 Å². The Morgan fingerprint density at radius 3 is 2.90 bits per heavy atom. The minimum atomic E-state index is -1.14. The van der Waals surface area contributed by atoms with Crippen molar-refractivity contribution in [2.24, 2.45) is 0 Å². The highest BCUT2D eigenvalue weighted by molar-refractivity contribution is 8.04. The summed E-state index contributed by atoms with van der Waals surface area (Å²) in [6, 6.07) is 3.03. The Balaban J connectivity index is 1.77.